The number of Topliss-reactive ketones (excluding diaryl/α,β-unsaturated/α-hetero) is 1. The number of hydrogen-bond acceptors (Lipinski definition) is 4. The minimum absolute atomic E-state index is 0.0540. The maximum Gasteiger partial charge on any atom is 0.268 e. The molecule has 7 heteroatoms. The zero-order valence-electron chi connectivity index (χ0n) is 15.6. The number of carbonyl (C=O) groups is 1. The molecule has 0 aliphatic carbocycles. The maximum atomic E-state index is 14.4. The van der Waals surface area contributed by atoms with Gasteiger partial charge in [0.05, 0.1) is 16.5 Å². The number of nitrogens with zero attached hydrogens (tertiary/aromatic N) is 3. The molecule has 27 heavy (non-hydrogen) atoms. The number of rotatable bonds is 3. The van der Waals surface area contributed by atoms with Crippen LogP contribution in [0.1, 0.15) is 26.3 Å². The van der Waals surface area contributed by atoms with Crippen molar-refractivity contribution in [3.05, 3.63) is 67.8 Å². The summed E-state index contributed by atoms with van der Waals surface area (Å²) in [5.74, 6) is -0.466. The highest BCUT2D eigenvalue weighted by Crippen LogP contribution is 2.16. The van der Waals surface area contributed by atoms with Crippen LogP contribution in [0.4, 0.5) is 4.39 Å². The van der Waals surface area contributed by atoms with Crippen molar-refractivity contribution in [3.8, 4) is 5.69 Å². The van der Waals surface area contributed by atoms with Crippen LogP contribution in [-0.2, 0) is 11.8 Å². The van der Waals surface area contributed by atoms with Crippen molar-refractivity contribution in [2.45, 2.75) is 20.8 Å². The number of ketones is 1. The first-order valence-electron chi connectivity index (χ1n) is 8.38. The lowest BCUT2D eigenvalue weighted by Gasteiger charge is -2.12. The number of aromatic nitrogens is 3. The van der Waals surface area contributed by atoms with Gasteiger partial charge in [-0.25, -0.2) is 9.37 Å². The molecule has 0 spiro atoms. The minimum Gasteiger partial charge on any atom is -0.303 e. The third kappa shape index (κ3) is 3.98. The standard InChI is InChI=1S/C20H20FN3O2S/c1-20(2,3)17(25)11-18-23(4)19(26)16(27-18)10-13-5-6-15(14(21)9-13)24-8-7-22-12-24/h5-12H,1-4H3/b16-10-,18-11+. The molecule has 0 bridgehead atoms. The van der Waals surface area contributed by atoms with Crippen LogP contribution in [0.25, 0.3) is 17.8 Å². The molecule has 0 amide bonds. The fourth-order valence-electron chi connectivity index (χ4n) is 2.41. The fraction of sp³-hybridized carbons (Fsp3) is 0.250. The summed E-state index contributed by atoms with van der Waals surface area (Å²) >= 11 is 1.21. The monoisotopic (exact) mass is 385 g/mol. The summed E-state index contributed by atoms with van der Waals surface area (Å²) in [7, 11) is 1.63. The summed E-state index contributed by atoms with van der Waals surface area (Å²) in [5, 5.41) is 0. The molecule has 0 aliphatic rings. The average Bonchev–Trinajstić information content (AvgIpc) is 3.20. The van der Waals surface area contributed by atoms with E-state index in [9.17, 15) is 14.0 Å². The summed E-state index contributed by atoms with van der Waals surface area (Å²) in [6, 6.07) is 4.75. The predicted octanol–water partition coefficient (Wildman–Crippen LogP) is 2.00. The Bertz CT molecular complexity index is 1170. The van der Waals surface area contributed by atoms with Crippen LogP contribution < -0.4 is 14.8 Å². The Labute approximate surface area is 159 Å². The minimum atomic E-state index is -0.518. The summed E-state index contributed by atoms with van der Waals surface area (Å²) in [6.07, 6.45) is 7.88. The lowest BCUT2D eigenvalue weighted by atomic mass is 9.91. The smallest absolute Gasteiger partial charge is 0.268 e. The van der Waals surface area contributed by atoms with Gasteiger partial charge in [-0.15, -0.1) is 11.3 Å². The van der Waals surface area contributed by atoms with Crippen LogP contribution in [0.5, 0.6) is 0 Å². The lowest BCUT2D eigenvalue weighted by molar-refractivity contribution is -0.120. The van der Waals surface area contributed by atoms with Crippen LogP contribution in [-0.4, -0.2) is 19.9 Å². The Balaban J connectivity index is 2.05. The SMILES string of the molecule is Cn1c(=O)/c(=C/c2ccc(-n3ccnc3)c(F)c2)s/c1=C/C(=O)C(C)(C)C. The molecule has 3 rings (SSSR count). The number of thiazole rings is 1. The van der Waals surface area contributed by atoms with Crippen LogP contribution >= 0.6 is 11.3 Å². The van der Waals surface area contributed by atoms with Gasteiger partial charge >= 0.3 is 0 Å². The van der Waals surface area contributed by atoms with E-state index in [1.54, 1.807) is 42.2 Å². The van der Waals surface area contributed by atoms with Crippen LogP contribution in [0, 0.1) is 11.2 Å². The van der Waals surface area contributed by atoms with E-state index < -0.39 is 11.2 Å². The van der Waals surface area contributed by atoms with Gasteiger partial charge in [-0.05, 0) is 23.8 Å². The first-order valence-corrected chi connectivity index (χ1v) is 9.20. The van der Waals surface area contributed by atoms with Gasteiger partial charge in [-0.1, -0.05) is 26.8 Å². The number of hydrogen-bond donors (Lipinski definition) is 0. The fourth-order valence-corrected chi connectivity index (χ4v) is 3.44. The van der Waals surface area contributed by atoms with Gasteiger partial charge in [0, 0.05) is 30.9 Å². The molecule has 0 radical (unpaired) electrons. The van der Waals surface area contributed by atoms with E-state index in [1.807, 2.05) is 20.8 Å². The van der Waals surface area contributed by atoms with Gasteiger partial charge in [0.25, 0.3) is 5.56 Å². The third-order valence-electron chi connectivity index (χ3n) is 4.11. The van der Waals surface area contributed by atoms with E-state index >= 15 is 0 Å². The first-order chi connectivity index (χ1) is 12.7. The highest BCUT2D eigenvalue weighted by molar-refractivity contribution is 7.07. The summed E-state index contributed by atoms with van der Waals surface area (Å²) in [6.45, 7) is 5.49. The summed E-state index contributed by atoms with van der Waals surface area (Å²) in [4.78, 5) is 28.6. The van der Waals surface area contributed by atoms with Crippen molar-refractivity contribution < 1.29 is 9.18 Å². The molecule has 1 aromatic carbocycles. The highest BCUT2D eigenvalue weighted by atomic mass is 32.1. The van der Waals surface area contributed by atoms with Gasteiger partial charge < -0.3 is 9.13 Å². The molecule has 0 fully saturated rings. The van der Waals surface area contributed by atoms with Gasteiger partial charge in [0.2, 0.25) is 0 Å². The highest BCUT2D eigenvalue weighted by Gasteiger charge is 2.19. The molecule has 0 saturated carbocycles. The van der Waals surface area contributed by atoms with Gasteiger partial charge in [-0.3, -0.25) is 9.59 Å². The number of carbonyl (C=O) groups excluding carboxylic acids is 1. The molecule has 0 N–H and O–H groups in total. The zero-order valence-corrected chi connectivity index (χ0v) is 16.4. The van der Waals surface area contributed by atoms with Crippen molar-refractivity contribution in [2.24, 2.45) is 12.5 Å². The molecule has 5 nitrogen and oxygen atoms in total. The second-order valence-electron chi connectivity index (χ2n) is 7.25. The Kier molecular flexibility index (Phi) is 4.97. The molecule has 0 atom stereocenters. The molecular weight excluding hydrogens is 365 g/mol. The quantitative estimate of drug-likeness (QED) is 0.693. The normalized spacial score (nSPS) is 13.4. The third-order valence-corrected chi connectivity index (χ3v) is 5.22. The van der Waals surface area contributed by atoms with Crippen molar-refractivity contribution in [1.82, 2.24) is 14.1 Å². The van der Waals surface area contributed by atoms with Crippen LogP contribution in [0.3, 0.4) is 0 Å². The van der Waals surface area contributed by atoms with Crippen LogP contribution in [0.15, 0.2) is 41.7 Å². The van der Waals surface area contributed by atoms with E-state index in [0.717, 1.165) is 0 Å². The molecule has 2 aromatic heterocycles. The Morgan fingerprint density at radius 3 is 2.63 bits per heavy atom. The predicted molar refractivity (Wildman–Crippen MR) is 105 cm³/mol. The maximum absolute atomic E-state index is 14.4. The van der Waals surface area contributed by atoms with Crippen LogP contribution in [0.2, 0.25) is 0 Å². The van der Waals surface area contributed by atoms with E-state index in [0.29, 0.717) is 20.4 Å². The van der Waals surface area contributed by atoms with E-state index in [-0.39, 0.29) is 11.3 Å². The van der Waals surface area contributed by atoms with Crippen molar-refractivity contribution in [1.29, 1.82) is 0 Å². The molecular formula is C20H20FN3O2S. The molecule has 3 aromatic rings. The zero-order chi connectivity index (χ0) is 19.8. The van der Waals surface area contributed by atoms with Crippen molar-refractivity contribution in [3.63, 3.8) is 0 Å². The molecule has 0 aliphatic heterocycles. The molecule has 140 valence electrons. The van der Waals surface area contributed by atoms with E-state index in [1.165, 1.54) is 34.4 Å². The number of halogens is 1. The topological polar surface area (TPSA) is 56.9 Å². The number of benzene rings is 1. The second kappa shape index (κ2) is 7.08. The van der Waals surface area contributed by atoms with Crippen molar-refractivity contribution >= 4 is 29.3 Å². The Hall–Kier alpha value is -2.80. The van der Waals surface area contributed by atoms with Gasteiger partial charge in [0.1, 0.15) is 10.5 Å². The van der Waals surface area contributed by atoms with E-state index in [2.05, 4.69) is 4.98 Å². The first kappa shape index (κ1) is 19.0. The largest absolute Gasteiger partial charge is 0.303 e. The molecule has 2 heterocycles. The Morgan fingerprint density at radius 1 is 1.30 bits per heavy atom. The van der Waals surface area contributed by atoms with Gasteiger partial charge in [-0.2, -0.15) is 0 Å². The summed E-state index contributed by atoms with van der Waals surface area (Å²) < 4.78 is 18.4. The van der Waals surface area contributed by atoms with Gasteiger partial charge in [0.15, 0.2) is 5.78 Å². The van der Waals surface area contributed by atoms with Crippen molar-refractivity contribution in [2.75, 3.05) is 0 Å². The molecule has 0 unspecified atom stereocenters. The summed E-state index contributed by atoms with van der Waals surface area (Å²) in [5.41, 5.74) is 0.223. The average molecular weight is 385 g/mol. The Morgan fingerprint density at radius 2 is 2.04 bits per heavy atom. The lowest BCUT2D eigenvalue weighted by Crippen LogP contribution is -2.30. The van der Waals surface area contributed by atoms with E-state index in [4.69, 9.17) is 0 Å². The second-order valence-corrected chi connectivity index (χ2v) is 8.31. The molecule has 0 saturated heterocycles. The number of imidazole rings is 1.